The van der Waals surface area contributed by atoms with Crippen molar-refractivity contribution in [1.29, 1.82) is 0 Å². The Bertz CT molecular complexity index is 1330. The van der Waals surface area contributed by atoms with Gasteiger partial charge in [-0.25, -0.2) is 18.5 Å². The molecule has 0 atom stereocenters. The molecule has 2 aromatic carbocycles. The van der Waals surface area contributed by atoms with Gasteiger partial charge in [-0.3, -0.25) is 0 Å². The number of nitrogens with one attached hydrogen (secondary N) is 2. The van der Waals surface area contributed by atoms with E-state index in [-0.39, 0.29) is 4.90 Å². The molecule has 158 valence electrons. The number of rotatable bonds is 7. The summed E-state index contributed by atoms with van der Waals surface area (Å²) >= 11 is 1.60. The van der Waals surface area contributed by atoms with E-state index in [1.807, 2.05) is 18.2 Å². The summed E-state index contributed by atoms with van der Waals surface area (Å²) in [6.07, 6.45) is 2.28. The Morgan fingerprint density at radius 1 is 1.03 bits per heavy atom. The minimum Gasteiger partial charge on any atom is -0.365 e. The van der Waals surface area contributed by atoms with Gasteiger partial charge in [0.1, 0.15) is 10.6 Å². The monoisotopic (exact) mass is 451 g/mol. The first-order valence-electron chi connectivity index (χ1n) is 9.94. The zero-order valence-corrected chi connectivity index (χ0v) is 18.2. The number of nitrogens with zero attached hydrogens (tertiary/aromatic N) is 2. The lowest BCUT2D eigenvalue weighted by atomic mass is 10.1. The molecule has 2 aromatic heterocycles. The normalized spacial score (nSPS) is 14.0. The summed E-state index contributed by atoms with van der Waals surface area (Å²) in [6, 6.07) is 17.2. The van der Waals surface area contributed by atoms with E-state index in [9.17, 15) is 8.42 Å². The van der Waals surface area contributed by atoms with E-state index in [0.717, 1.165) is 45.6 Å². The summed E-state index contributed by atoms with van der Waals surface area (Å²) in [4.78, 5) is 10.5. The second-order valence-corrected chi connectivity index (χ2v) is 9.97. The van der Waals surface area contributed by atoms with Crippen LogP contribution in [0.25, 0.3) is 21.3 Å². The molecule has 0 unspecified atom stereocenters. The summed E-state index contributed by atoms with van der Waals surface area (Å²) in [6.45, 7) is 0.490. The zero-order chi connectivity index (χ0) is 21.4. The van der Waals surface area contributed by atoms with Crippen molar-refractivity contribution < 1.29 is 8.42 Å². The highest BCUT2D eigenvalue weighted by Gasteiger charge is 2.23. The number of benzene rings is 2. The fourth-order valence-corrected chi connectivity index (χ4v) is 4.82. The molecule has 0 spiro atoms. The third kappa shape index (κ3) is 4.39. The lowest BCUT2D eigenvalue weighted by Gasteiger charge is -2.12. The van der Waals surface area contributed by atoms with Crippen molar-refractivity contribution in [1.82, 2.24) is 9.97 Å². The van der Waals surface area contributed by atoms with E-state index in [1.54, 1.807) is 23.5 Å². The minimum absolute atomic E-state index is 0.0980. The fourth-order valence-electron chi connectivity index (χ4n) is 3.36. The van der Waals surface area contributed by atoms with Crippen LogP contribution in [0.5, 0.6) is 0 Å². The van der Waals surface area contributed by atoms with Gasteiger partial charge >= 0.3 is 0 Å². The lowest BCUT2D eigenvalue weighted by molar-refractivity contribution is 0.598. The molecule has 2 heterocycles. The van der Waals surface area contributed by atoms with E-state index in [1.165, 1.54) is 12.1 Å². The highest BCUT2D eigenvalue weighted by Crippen LogP contribution is 2.38. The third-order valence-corrected chi connectivity index (χ3v) is 6.94. The molecule has 9 heteroatoms. The van der Waals surface area contributed by atoms with Gasteiger partial charge in [-0.1, -0.05) is 42.5 Å². The zero-order valence-electron chi connectivity index (χ0n) is 16.6. The van der Waals surface area contributed by atoms with Crippen LogP contribution in [0.3, 0.4) is 0 Å². The van der Waals surface area contributed by atoms with E-state index < -0.39 is 10.0 Å². The van der Waals surface area contributed by atoms with E-state index in [2.05, 4.69) is 28.1 Å². The number of primary sulfonamides is 1. The number of anilines is 2. The molecular weight excluding hydrogens is 430 g/mol. The van der Waals surface area contributed by atoms with Crippen molar-refractivity contribution >= 4 is 43.3 Å². The van der Waals surface area contributed by atoms with Crippen molar-refractivity contribution in [3.05, 3.63) is 65.5 Å². The molecule has 4 aromatic rings. The van der Waals surface area contributed by atoms with E-state index in [0.29, 0.717) is 18.5 Å². The Balaban J connectivity index is 1.50. The van der Waals surface area contributed by atoms with Crippen molar-refractivity contribution in [2.45, 2.75) is 30.3 Å². The molecule has 31 heavy (non-hydrogen) atoms. The Kier molecular flexibility index (Phi) is 5.09. The summed E-state index contributed by atoms with van der Waals surface area (Å²) in [5.41, 5.74) is 3.12. The van der Waals surface area contributed by atoms with E-state index in [4.69, 9.17) is 15.1 Å². The Morgan fingerprint density at radius 2 is 1.77 bits per heavy atom. The van der Waals surface area contributed by atoms with Gasteiger partial charge in [0.15, 0.2) is 0 Å². The number of thiophene rings is 1. The van der Waals surface area contributed by atoms with Crippen LogP contribution < -0.4 is 15.8 Å². The van der Waals surface area contributed by atoms with Gasteiger partial charge < -0.3 is 10.6 Å². The molecule has 0 saturated heterocycles. The average molecular weight is 452 g/mol. The van der Waals surface area contributed by atoms with Gasteiger partial charge in [-0.05, 0) is 36.1 Å². The SMILES string of the molecule is NS(=O)(=O)c1ccc(CNc2nc(NC3CC3)nc3scc(-c4ccccc4)c23)cc1. The smallest absolute Gasteiger partial charge is 0.238 e. The first-order valence-corrected chi connectivity index (χ1v) is 12.4. The number of aromatic nitrogens is 2. The maximum absolute atomic E-state index is 11.5. The van der Waals surface area contributed by atoms with Gasteiger partial charge in [-0.2, -0.15) is 4.98 Å². The van der Waals surface area contributed by atoms with Gasteiger partial charge in [0.2, 0.25) is 16.0 Å². The predicted molar refractivity (Wildman–Crippen MR) is 125 cm³/mol. The molecule has 5 rings (SSSR count). The molecule has 1 aliphatic carbocycles. The van der Waals surface area contributed by atoms with Crippen LogP contribution in [0, 0.1) is 0 Å². The number of hydrogen-bond acceptors (Lipinski definition) is 7. The largest absolute Gasteiger partial charge is 0.365 e. The van der Waals surface area contributed by atoms with Crippen molar-refractivity contribution in [2.24, 2.45) is 5.14 Å². The summed E-state index contributed by atoms with van der Waals surface area (Å²) in [5, 5.41) is 15.1. The molecule has 0 radical (unpaired) electrons. The number of sulfonamides is 1. The highest BCUT2D eigenvalue weighted by molar-refractivity contribution is 7.89. The number of nitrogens with two attached hydrogens (primary N) is 1. The average Bonchev–Trinajstić information content (AvgIpc) is 3.47. The van der Waals surface area contributed by atoms with Crippen LogP contribution in [-0.4, -0.2) is 24.4 Å². The lowest BCUT2D eigenvalue weighted by Crippen LogP contribution is -2.12. The molecule has 7 nitrogen and oxygen atoms in total. The highest BCUT2D eigenvalue weighted by atomic mass is 32.2. The number of fused-ring (bicyclic) bond motifs is 1. The molecule has 0 bridgehead atoms. The molecular formula is C22H21N5O2S2. The van der Waals surface area contributed by atoms with Gasteiger partial charge in [0.05, 0.1) is 10.3 Å². The first-order chi connectivity index (χ1) is 15.0. The van der Waals surface area contributed by atoms with Crippen LogP contribution in [0.15, 0.2) is 64.9 Å². The second-order valence-electron chi connectivity index (χ2n) is 7.55. The first kappa shape index (κ1) is 19.9. The van der Waals surface area contributed by atoms with Crippen LogP contribution in [0.2, 0.25) is 0 Å². The molecule has 4 N–H and O–H groups in total. The van der Waals surface area contributed by atoms with Crippen LogP contribution in [0.1, 0.15) is 18.4 Å². The van der Waals surface area contributed by atoms with Gasteiger partial charge in [-0.15, -0.1) is 11.3 Å². The van der Waals surface area contributed by atoms with Gasteiger partial charge in [0.25, 0.3) is 0 Å². The van der Waals surface area contributed by atoms with Crippen LogP contribution in [0.4, 0.5) is 11.8 Å². The second kappa shape index (κ2) is 7.92. The summed E-state index contributed by atoms with van der Waals surface area (Å²) in [5.74, 6) is 1.38. The Hall–Kier alpha value is -3.01. The van der Waals surface area contributed by atoms with E-state index >= 15 is 0 Å². The molecule has 0 aliphatic heterocycles. The maximum atomic E-state index is 11.5. The number of hydrogen-bond donors (Lipinski definition) is 3. The quantitative estimate of drug-likeness (QED) is 0.389. The van der Waals surface area contributed by atoms with Crippen LogP contribution in [-0.2, 0) is 16.6 Å². The molecule has 0 amide bonds. The third-order valence-electron chi connectivity index (χ3n) is 5.14. The topological polar surface area (TPSA) is 110 Å². The fraction of sp³-hybridized carbons (Fsp3) is 0.182. The predicted octanol–water partition coefficient (Wildman–Crippen LogP) is 4.19. The Morgan fingerprint density at radius 3 is 2.45 bits per heavy atom. The molecule has 1 fully saturated rings. The summed E-state index contributed by atoms with van der Waals surface area (Å²) in [7, 11) is -3.70. The van der Waals surface area contributed by atoms with Crippen molar-refractivity contribution in [3.8, 4) is 11.1 Å². The molecule has 1 aliphatic rings. The maximum Gasteiger partial charge on any atom is 0.238 e. The van der Waals surface area contributed by atoms with Crippen molar-refractivity contribution in [2.75, 3.05) is 10.6 Å². The van der Waals surface area contributed by atoms with Gasteiger partial charge in [0, 0.05) is 23.5 Å². The van der Waals surface area contributed by atoms with Crippen molar-refractivity contribution in [3.63, 3.8) is 0 Å². The summed E-state index contributed by atoms with van der Waals surface area (Å²) < 4.78 is 23.0. The standard InChI is InChI=1S/C22H21N5O2S2/c23-31(28,29)17-10-6-14(7-11-17)12-24-20-19-18(15-4-2-1-3-5-15)13-30-21(19)27-22(26-20)25-16-8-9-16/h1-7,10-11,13,16H,8-9,12H2,(H2,23,28,29)(H2,24,25,26,27). The minimum atomic E-state index is -3.70. The Labute approximate surface area is 184 Å². The molecule has 1 saturated carbocycles. The van der Waals surface area contributed by atoms with Crippen LogP contribution >= 0.6 is 11.3 Å².